The fourth-order valence-corrected chi connectivity index (χ4v) is 2.32. The number of ether oxygens (including phenoxy) is 1. The smallest absolute Gasteiger partial charge is 0.360 e. The molecule has 1 aromatic carbocycles. The van der Waals surface area contributed by atoms with Crippen molar-refractivity contribution in [1.82, 2.24) is 9.78 Å². The third-order valence-corrected chi connectivity index (χ3v) is 3.44. The maximum Gasteiger partial charge on any atom is 0.360 e. The highest BCUT2D eigenvalue weighted by molar-refractivity contribution is 6.34. The Balaban J connectivity index is 2.50. The normalized spacial score (nSPS) is 10.6. The van der Waals surface area contributed by atoms with Gasteiger partial charge in [-0.15, -0.1) is 0 Å². The minimum atomic E-state index is -0.514. The molecule has 0 saturated carbocycles. The van der Waals surface area contributed by atoms with Crippen molar-refractivity contribution < 1.29 is 9.53 Å². The standard InChI is InChI=1S/C14H14Cl2N2O2/c1-3-11-12(16)13(14(19)20-4-2)17-18(11)10-7-5-9(15)6-8-10/h5-8H,3-4H2,1-2H3. The van der Waals surface area contributed by atoms with E-state index in [0.29, 0.717) is 16.5 Å². The second-order valence-corrected chi connectivity index (χ2v) is 4.89. The van der Waals surface area contributed by atoms with Gasteiger partial charge in [-0.1, -0.05) is 30.1 Å². The predicted octanol–water partition coefficient (Wildman–Crippen LogP) is 3.92. The minimum absolute atomic E-state index is 0.139. The molecule has 0 aliphatic heterocycles. The van der Waals surface area contributed by atoms with E-state index in [1.807, 2.05) is 19.1 Å². The van der Waals surface area contributed by atoms with E-state index < -0.39 is 5.97 Å². The SMILES string of the molecule is CCOC(=O)c1nn(-c2ccc(Cl)cc2)c(CC)c1Cl. The fraction of sp³-hybridized carbons (Fsp3) is 0.286. The molecule has 0 bridgehead atoms. The largest absolute Gasteiger partial charge is 0.461 e. The van der Waals surface area contributed by atoms with E-state index in [0.717, 1.165) is 11.4 Å². The van der Waals surface area contributed by atoms with Gasteiger partial charge in [-0.25, -0.2) is 9.48 Å². The zero-order valence-electron chi connectivity index (χ0n) is 11.2. The summed E-state index contributed by atoms with van der Waals surface area (Å²) in [4.78, 5) is 11.8. The Morgan fingerprint density at radius 3 is 2.45 bits per heavy atom. The molecule has 20 heavy (non-hydrogen) atoms. The Bertz CT molecular complexity index is 621. The summed E-state index contributed by atoms with van der Waals surface area (Å²) in [5.74, 6) is -0.514. The molecule has 6 heteroatoms. The zero-order chi connectivity index (χ0) is 14.7. The number of halogens is 2. The number of carbonyl (C=O) groups excluding carboxylic acids is 1. The molecule has 0 aliphatic carbocycles. The lowest BCUT2D eigenvalue weighted by atomic mass is 10.2. The van der Waals surface area contributed by atoms with Crippen molar-refractivity contribution in [3.8, 4) is 5.69 Å². The van der Waals surface area contributed by atoms with E-state index >= 15 is 0 Å². The lowest BCUT2D eigenvalue weighted by Gasteiger charge is -2.05. The molecule has 0 radical (unpaired) electrons. The topological polar surface area (TPSA) is 44.1 Å². The van der Waals surface area contributed by atoms with Gasteiger partial charge in [0.2, 0.25) is 0 Å². The van der Waals surface area contributed by atoms with Gasteiger partial charge in [0, 0.05) is 5.02 Å². The van der Waals surface area contributed by atoms with E-state index in [4.69, 9.17) is 27.9 Å². The molecular formula is C14H14Cl2N2O2. The van der Waals surface area contributed by atoms with Gasteiger partial charge in [0.25, 0.3) is 0 Å². The lowest BCUT2D eigenvalue weighted by molar-refractivity contribution is 0.0519. The number of carbonyl (C=O) groups is 1. The molecule has 4 nitrogen and oxygen atoms in total. The molecule has 0 aliphatic rings. The van der Waals surface area contributed by atoms with Gasteiger partial charge in [0.1, 0.15) is 0 Å². The maximum atomic E-state index is 11.8. The number of aromatic nitrogens is 2. The summed E-state index contributed by atoms with van der Waals surface area (Å²) >= 11 is 12.1. The van der Waals surface area contributed by atoms with E-state index in [-0.39, 0.29) is 12.3 Å². The Kier molecular flexibility index (Phi) is 4.68. The zero-order valence-corrected chi connectivity index (χ0v) is 12.7. The average Bonchev–Trinajstić information content (AvgIpc) is 2.77. The number of nitrogens with zero attached hydrogens (tertiary/aromatic N) is 2. The number of benzene rings is 1. The van der Waals surface area contributed by atoms with Crippen LogP contribution in [0.5, 0.6) is 0 Å². The molecule has 0 atom stereocenters. The summed E-state index contributed by atoms with van der Waals surface area (Å²) in [6.45, 7) is 3.97. The summed E-state index contributed by atoms with van der Waals surface area (Å²) in [6.07, 6.45) is 0.647. The van der Waals surface area contributed by atoms with Crippen molar-refractivity contribution >= 4 is 29.2 Å². The highest BCUT2D eigenvalue weighted by atomic mass is 35.5. The molecule has 0 saturated heterocycles. The highest BCUT2D eigenvalue weighted by Crippen LogP contribution is 2.25. The van der Waals surface area contributed by atoms with Gasteiger partial charge in [-0.2, -0.15) is 5.10 Å². The second kappa shape index (κ2) is 6.29. The first-order chi connectivity index (χ1) is 9.58. The molecule has 2 aromatic rings. The first kappa shape index (κ1) is 14.9. The van der Waals surface area contributed by atoms with Crippen LogP contribution in [0.4, 0.5) is 0 Å². The van der Waals surface area contributed by atoms with Crippen LogP contribution in [-0.2, 0) is 11.2 Å². The monoisotopic (exact) mass is 312 g/mol. The van der Waals surface area contributed by atoms with Crippen LogP contribution in [0, 0.1) is 0 Å². The molecule has 0 N–H and O–H groups in total. The first-order valence-corrected chi connectivity index (χ1v) is 7.04. The molecule has 0 amide bonds. The summed E-state index contributed by atoms with van der Waals surface area (Å²) in [6, 6.07) is 7.16. The highest BCUT2D eigenvalue weighted by Gasteiger charge is 2.22. The van der Waals surface area contributed by atoms with Crippen molar-refractivity contribution in [2.24, 2.45) is 0 Å². The van der Waals surface area contributed by atoms with Crippen LogP contribution >= 0.6 is 23.2 Å². The first-order valence-electron chi connectivity index (χ1n) is 6.28. The van der Waals surface area contributed by atoms with Crippen LogP contribution in [-0.4, -0.2) is 22.4 Å². The third-order valence-electron chi connectivity index (χ3n) is 2.79. The number of hydrogen-bond acceptors (Lipinski definition) is 3. The molecule has 0 fully saturated rings. The van der Waals surface area contributed by atoms with Crippen LogP contribution in [0.3, 0.4) is 0 Å². The van der Waals surface area contributed by atoms with Gasteiger partial charge < -0.3 is 4.74 Å². The molecule has 0 unspecified atom stereocenters. The van der Waals surface area contributed by atoms with E-state index in [1.165, 1.54) is 0 Å². The molecule has 1 aromatic heterocycles. The van der Waals surface area contributed by atoms with Crippen molar-refractivity contribution in [2.75, 3.05) is 6.61 Å². The molecule has 2 rings (SSSR count). The van der Waals surface area contributed by atoms with Crippen molar-refractivity contribution in [2.45, 2.75) is 20.3 Å². The van der Waals surface area contributed by atoms with Crippen LogP contribution in [0.1, 0.15) is 30.0 Å². The van der Waals surface area contributed by atoms with Crippen LogP contribution in [0.2, 0.25) is 10.0 Å². The Labute approximate surface area is 127 Å². The van der Waals surface area contributed by atoms with Crippen LogP contribution in [0.25, 0.3) is 5.69 Å². The summed E-state index contributed by atoms with van der Waals surface area (Å²) in [5, 5.41) is 5.24. The van der Waals surface area contributed by atoms with Crippen molar-refractivity contribution in [1.29, 1.82) is 0 Å². The Morgan fingerprint density at radius 1 is 1.25 bits per heavy atom. The lowest BCUT2D eigenvalue weighted by Crippen LogP contribution is -2.07. The van der Waals surface area contributed by atoms with E-state index in [1.54, 1.807) is 23.7 Å². The van der Waals surface area contributed by atoms with Gasteiger partial charge in [0.15, 0.2) is 5.69 Å². The van der Waals surface area contributed by atoms with Gasteiger partial charge in [-0.05, 0) is 37.6 Å². The Morgan fingerprint density at radius 2 is 1.90 bits per heavy atom. The fourth-order valence-electron chi connectivity index (χ4n) is 1.86. The van der Waals surface area contributed by atoms with Gasteiger partial charge >= 0.3 is 5.97 Å². The van der Waals surface area contributed by atoms with Gasteiger partial charge in [0.05, 0.1) is 23.0 Å². The maximum absolute atomic E-state index is 11.8. The molecule has 1 heterocycles. The van der Waals surface area contributed by atoms with E-state index in [9.17, 15) is 4.79 Å². The second-order valence-electron chi connectivity index (χ2n) is 4.07. The number of rotatable bonds is 4. The molecule has 106 valence electrons. The molecule has 0 spiro atoms. The summed E-state index contributed by atoms with van der Waals surface area (Å²) in [5.41, 5.74) is 1.70. The number of hydrogen-bond donors (Lipinski definition) is 0. The van der Waals surface area contributed by atoms with Crippen LogP contribution < -0.4 is 0 Å². The summed E-state index contributed by atoms with van der Waals surface area (Å²) < 4.78 is 6.60. The average molecular weight is 313 g/mol. The van der Waals surface area contributed by atoms with Crippen molar-refractivity contribution in [3.05, 3.63) is 45.7 Å². The Hall–Kier alpha value is -1.52. The van der Waals surface area contributed by atoms with E-state index in [2.05, 4.69) is 5.10 Å². The third kappa shape index (κ3) is 2.81. The minimum Gasteiger partial charge on any atom is -0.461 e. The molecular weight excluding hydrogens is 299 g/mol. The predicted molar refractivity (Wildman–Crippen MR) is 78.9 cm³/mol. The van der Waals surface area contributed by atoms with Gasteiger partial charge in [-0.3, -0.25) is 0 Å². The van der Waals surface area contributed by atoms with Crippen molar-refractivity contribution in [3.63, 3.8) is 0 Å². The summed E-state index contributed by atoms with van der Waals surface area (Å²) in [7, 11) is 0. The van der Waals surface area contributed by atoms with Crippen LogP contribution in [0.15, 0.2) is 24.3 Å². The number of esters is 1. The quantitative estimate of drug-likeness (QED) is 0.804.